The zero-order chi connectivity index (χ0) is 14.5. The van der Waals surface area contributed by atoms with Crippen molar-refractivity contribution in [2.24, 2.45) is 0 Å². The highest BCUT2D eigenvalue weighted by Crippen LogP contribution is 2.18. The van der Waals surface area contributed by atoms with Crippen LogP contribution in [0, 0.1) is 0 Å². The van der Waals surface area contributed by atoms with E-state index >= 15 is 0 Å². The molecule has 3 nitrogen and oxygen atoms in total. The summed E-state index contributed by atoms with van der Waals surface area (Å²) >= 11 is 3.40. The van der Waals surface area contributed by atoms with Gasteiger partial charge in [-0.1, -0.05) is 34.1 Å². The standard InChI is InChI=1S/C16H16BrNO2/c1-11(12-6-8-14(17)9-7-12)18-16(19)13-4-3-5-15(10-13)20-2/h3-11H,1-2H3,(H,18,19)/t11-/m1/s1. The number of ether oxygens (including phenoxy) is 1. The van der Waals surface area contributed by atoms with Gasteiger partial charge in [0.25, 0.3) is 5.91 Å². The maximum absolute atomic E-state index is 12.2. The van der Waals surface area contributed by atoms with Gasteiger partial charge in [-0.25, -0.2) is 0 Å². The quantitative estimate of drug-likeness (QED) is 0.919. The van der Waals surface area contributed by atoms with Crippen molar-refractivity contribution >= 4 is 21.8 Å². The molecule has 0 heterocycles. The summed E-state index contributed by atoms with van der Waals surface area (Å²) in [6.45, 7) is 1.96. The molecule has 1 atom stereocenters. The molecule has 1 N–H and O–H groups in total. The number of methoxy groups -OCH3 is 1. The third kappa shape index (κ3) is 3.61. The largest absolute Gasteiger partial charge is 0.497 e. The number of rotatable bonds is 4. The molecule has 0 radical (unpaired) electrons. The average Bonchev–Trinajstić information content (AvgIpc) is 2.47. The molecule has 2 rings (SSSR count). The van der Waals surface area contributed by atoms with Crippen LogP contribution in [0.3, 0.4) is 0 Å². The van der Waals surface area contributed by atoms with Crippen molar-refractivity contribution in [2.45, 2.75) is 13.0 Å². The number of nitrogens with one attached hydrogen (secondary N) is 1. The van der Waals surface area contributed by atoms with E-state index < -0.39 is 0 Å². The van der Waals surface area contributed by atoms with Gasteiger partial charge in [0.1, 0.15) is 5.75 Å². The van der Waals surface area contributed by atoms with E-state index in [0.717, 1.165) is 10.0 Å². The molecule has 0 saturated heterocycles. The second-order valence-corrected chi connectivity index (χ2v) is 5.39. The van der Waals surface area contributed by atoms with Gasteiger partial charge < -0.3 is 10.1 Å². The molecule has 4 heteroatoms. The lowest BCUT2D eigenvalue weighted by molar-refractivity contribution is 0.0939. The van der Waals surface area contributed by atoms with E-state index in [-0.39, 0.29) is 11.9 Å². The van der Waals surface area contributed by atoms with Gasteiger partial charge in [-0.3, -0.25) is 4.79 Å². The molecule has 1 amide bonds. The first-order valence-electron chi connectivity index (χ1n) is 6.30. The molecule has 0 spiro atoms. The van der Waals surface area contributed by atoms with Gasteiger partial charge >= 0.3 is 0 Å². The Morgan fingerprint density at radius 1 is 1.20 bits per heavy atom. The fraction of sp³-hybridized carbons (Fsp3) is 0.188. The SMILES string of the molecule is COc1cccc(C(=O)N[C@H](C)c2ccc(Br)cc2)c1. The van der Waals surface area contributed by atoms with Crippen molar-refractivity contribution in [3.8, 4) is 5.75 Å². The monoisotopic (exact) mass is 333 g/mol. The van der Waals surface area contributed by atoms with E-state index in [0.29, 0.717) is 11.3 Å². The van der Waals surface area contributed by atoms with Crippen LogP contribution >= 0.6 is 15.9 Å². The van der Waals surface area contributed by atoms with Crippen LogP contribution in [-0.4, -0.2) is 13.0 Å². The molecule has 20 heavy (non-hydrogen) atoms. The summed E-state index contributed by atoms with van der Waals surface area (Å²) in [7, 11) is 1.58. The van der Waals surface area contributed by atoms with Crippen molar-refractivity contribution in [3.63, 3.8) is 0 Å². The Bertz CT molecular complexity index is 596. The van der Waals surface area contributed by atoms with Crippen molar-refractivity contribution in [3.05, 3.63) is 64.1 Å². The number of carbonyl (C=O) groups is 1. The lowest BCUT2D eigenvalue weighted by Gasteiger charge is -2.14. The first-order valence-corrected chi connectivity index (χ1v) is 7.10. The summed E-state index contributed by atoms with van der Waals surface area (Å²) in [6.07, 6.45) is 0. The van der Waals surface area contributed by atoms with Gasteiger partial charge in [-0.2, -0.15) is 0 Å². The first kappa shape index (κ1) is 14.6. The molecule has 0 unspecified atom stereocenters. The molecule has 0 aromatic heterocycles. The highest BCUT2D eigenvalue weighted by Gasteiger charge is 2.11. The van der Waals surface area contributed by atoms with E-state index in [1.165, 1.54) is 0 Å². The second kappa shape index (κ2) is 6.57. The number of carbonyl (C=O) groups excluding carboxylic acids is 1. The van der Waals surface area contributed by atoms with Crippen LogP contribution in [0.1, 0.15) is 28.9 Å². The first-order chi connectivity index (χ1) is 9.60. The zero-order valence-corrected chi connectivity index (χ0v) is 13.0. The Morgan fingerprint density at radius 2 is 1.90 bits per heavy atom. The predicted molar refractivity (Wildman–Crippen MR) is 83.0 cm³/mol. The molecule has 0 fully saturated rings. The van der Waals surface area contributed by atoms with Gasteiger partial charge in [0.2, 0.25) is 0 Å². The predicted octanol–water partition coefficient (Wildman–Crippen LogP) is 3.95. The van der Waals surface area contributed by atoms with Gasteiger partial charge in [-0.15, -0.1) is 0 Å². The topological polar surface area (TPSA) is 38.3 Å². The minimum atomic E-state index is -0.112. The van der Waals surface area contributed by atoms with Gasteiger partial charge in [-0.05, 0) is 42.8 Å². The van der Waals surface area contributed by atoms with E-state index in [9.17, 15) is 4.79 Å². The fourth-order valence-corrected chi connectivity index (χ4v) is 2.14. The number of benzene rings is 2. The van der Waals surface area contributed by atoms with Crippen LogP contribution < -0.4 is 10.1 Å². The Balaban J connectivity index is 2.08. The number of amides is 1. The molecule has 0 aliphatic rings. The minimum Gasteiger partial charge on any atom is -0.497 e. The molecule has 2 aromatic carbocycles. The van der Waals surface area contributed by atoms with E-state index in [1.54, 1.807) is 25.3 Å². The van der Waals surface area contributed by atoms with Crippen molar-refractivity contribution in [1.82, 2.24) is 5.32 Å². The summed E-state index contributed by atoms with van der Waals surface area (Å²) in [5, 5.41) is 2.97. The number of halogens is 1. The fourth-order valence-electron chi connectivity index (χ4n) is 1.88. The summed E-state index contributed by atoms with van der Waals surface area (Å²) in [5.74, 6) is 0.563. The summed E-state index contributed by atoms with van der Waals surface area (Å²) in [4.78, 5) is 12.2. The highest BCUT2D eigenvalue weighted by molar-refractivity contribution is 9.10. The van der Waals surface area contributed by atoms with Gasteiger partial charge in [0, 0.05) is 10.0 Å². The molecule has 0 aliphatic carbocycles. The van der Waals surface area contributed by atoms with Crippen LogP contribution in [0.4, 0.5) is 0 Å². The Hall–Kier alpha value is -1.81. The van der Waals surface area contributed by atoms with E-state index in [1.807, 2.05) is 37.3 Å². The van der Waals surface area contributed by atoms with Crippen LogP contribution in [-0.2, 0) is 0 Å². The Labute approximate surface area is 127 Å². The van der Waals surface area contributed by atoms with E-state index in [4.69, 9.17) is 4.74 Å². The van der Waals surface area contributed by atoms with Gasteiger partial charge in [0.05, 0.1) is 13.2 Å². The number of hydrogen-bond acceptors (Lipinski definition) is 2. The molecule has 0 saturated carbocycles. The van der Waals surface area contributed by atoms with Crippen molar-refractivity contribution in [1.29, 1.82) is 0 Å². The molecular formula is C16H16BrNO2. The molecular weight excluding hydrogens is 318 g/mol. The van der Waals surface area contributed by atoms with Crippen molar-refractivity contribution < 1.29 is 9.53 Å². The third-order valence-electron chi connectivity index (χ3n) is 3.05. The van der Waals surface area contributed by atoms with Crippen LogP contribution in [0.2, 0.25) is 0 Å². The van der Waals surface area contributed by atoms with Crippen LogP contribution in [0.5, 0.6) is 5.75 Å². The maximum Gasteiger partial charge on any atom is 0.251 e. The molecule has 104 valence electrons. The molecule has 0 aliphatic heterocycles. The molecule has 0 bridgehead atoms. The minimum absolute atomic E-state index is 0.0539. The smallest absolute Gasteiger partial charge is 0.251 e. The summed E-state index contributed by atoms with van der Waals surface area (Å²) < 4.78 is 6.14. The summed E-state index contributed by atoms with van der Waals surface area (Å²) in [5.41, 5.74) is 1.65. The maximum atomic E-state index is 12.2. The highest BCUT2D eigenvalue weighted by atomic mass is 79.9. The van der Waals surface area contributed by atoms with Crippen LogP contribution in [0.25, 0.3) is 0 Å². The van der Waals surface area contributed by atoms with Gasteiger partial charge in [0.15, 0.2) is 0 Å². The normalized spacial score (nSPS) is 11.8. The number of hydrogen-bond donors (Lipinski definition) is 1. The summed E-state index contributed by atoms with van der Waals surface area (Å²) in [6, 6.07) is 15.0. The second-order valence-electron chi connectivity index (χ2n) is 4.48. The lowest BCUT2D eigenvalue weighted by Crippen LogP contribution is -2.26. The Morgan fingerprint density at radius 3 is 2.55 bits per heavy atom. The van der Waals surface area contributed by atoms with Crippen LogP contribution in [0.15, 0.2) is 53.0 Å². The van der Waals surface area contributed by atoms with Crippen molar-refractivity contribution in [2.75, 3.05) is 7.11 Å². The average molecular weight is 334 g/mol. The lowest BCUT2D eigenvalue weighted by atomic mass is 10.1. The van der Waals surface area contributed by atoms with E-state index in [2.05, 4.69) is 21.2 Å². The third-order valence-corrected chi connectivity index (χ3v) is 3.58. The molecule has 2 aromatic rings. The zero-order valence-electron chi connectivity index (χ0n) is 11.4. The Kier molecular flexibility index (Phi) is 4.79.